The van der Waals surface area contributed by atoms with Crippen molar-refractivity contribution in [1.29, 1.82) is 0 Å². The van der Waals surface area contributed by atoms with Crippen molar-refractivity contribution >= 4 is 0 Å². The number of nitrogens with zero attached hydrogens (tertiary/aromatic N) is 3. The maximum absolute atomic E-state index is 12.5. The molecule has 0 aliphatic rings. The third-order valence-electron chi connectivity index (χ3n) is 2.33. The lowest BCUT2D eigenvalue weighted by Crippen LogP contribution is -2.12. The first-order chi connectivity index (χ1) is 8.52. The molecule has 2 rings (SSSR count). The molecule has 0 bridgehead atoms. The van der Waals surface area contributed by atoms with Crippen LogP contribution in [0.15, 0.2) is 30.6 Å². The van der Waals surface area contributed by atoms with Crippen molar-refractivity contribution in [2.24, 2.45) is 0 Å². The highest BCUT2D eigenvalue weighted by Gasteiger charge is 2.33. The molecule has 0 atom stereocenters. The molecule has 0 unspecified atom stereocenters. The van der Waals surface area contributed by atoms with E-state index in [-0.39, 0.29) is 0 Å². The van der Waals surface area contributed by atoms with Crippen LogP contribution in [0.2, 0.25) is 0 Å². The molecule has 0 saturated heterocycles. The van der Waals surface area contributed by atoms with Crippen molar-refractivity contribution < 1.29 is 13.2 Å². The summed E-state index contributed by atoms with van der Waals surface area (Å²) < 4.78 is 38.5. The van der Waals surface area contributed by atoms with Gasteiger partial charge in [-0.05, 0) is 19.2 Å². The number of alkyl halides is 3. The van der Waals surface area contributed by atoms with Gasteiger partial charge in [0.15, 0.2) is 11.5 Å². The second kappa shape index (κ2) is 4.77. The second-order valence-corrected chi connectivity index (χ2v) is 3.66. The minimum absolute atomic E-state index is 0.391. The van der Waals surface area contributed by atoms with Crippen LogP contribution in [0, 0.1) is 0 Å². The molecule has 0 saturated carbocycles. The maximum Gasteiger partial charge on any atom is 0.435 e. The zero-order valence-electron chi connectivity index (χ0n) is 9.57. The molecule has 2 aromatic rings. The first kappa shape index (κ1) is 12.6. The number of nitrogens with one attached hydrogen (secondary N) is 1. The van der Waals surface area contributed by atoms with Crippen LogP contribution in [0.3, 0.4) is 0 Å². The quantitative estimate of drug-likeness (QED) is 0.913. The Bertz CT molecular complexity index is 533. The number of hydrogen-bond acceptors (Lipinski definition) is 3. The average Bonchev–Trinajstić information content (AvgIpc) is 2.79. The van der Waals surface area contributed by atoms with Gasteiger partial charge in [0, 0.05) is 24.5 Å². The van der Waals surface area contributed by atoms with Gasteiger partial charge in [-0.3, -0.25) is 0 Å². The minimum Gasteiger partial charge on any atom is -0.316 e. The predicted molar refractivity (Wildman–Crippen MR) is 59.1 cm³/mol. The van der Waals surface area contributed by atoms with Crippen LogP contribution in [0.5, 0.6) is 0 Å². The standard InChI is InChI=1S/C11H11F3N4/c1-15-7-8-3-2-5-16-10(8)18-6-4-9(17-18)11(12,13)14/h2-6,15H,7H2,1H3. The summed E-state index contributed by atoms with van der Waals surface area (Å²) in [7, 11) is 1.75. The summed E-state index contributed by atoms with van der Waals surface area (Å²) in [5, 5.41) is 6.42. The van der Waals surface area contributed by atoms with Gasteiger partial charge in [0.25, 0.3) is 0 Å². The zero-order chi connectivity index (χ0) is 13.2. The smallest absolute Gasteiger partial charge is 0.316 e. The monoisotopic (exact) mass is 256 g/mol. The van der Waals surface area contributed by atoms with Crippen molar-refractivity contribution in [1.82, 2.24) is 20.1 Å². The van der Waals surface area contributed by atoms with E-state index in [1.807, 2.05) is 0 Å². The molecular weight excluding hydrogens is 245 g/mol. The summed E-state index contributed by atoms with van der Waals surface area (Å²) >= 11 is 0. The van der Waals surface area contributed by atoms with Gasteiger partial charge in [0.05, 0.1) is 0 Å². The van der Waals surface area contributed by atoms with Crippen LogP contribution in [0.25, 0.3) is 5.82 Å². The van der Waals surface area contributed by atoms with Crippen LogP contribution >= 0.6 is 0 Å². The van der Waals surface area contributed by atoms with Crippen LogP contribution in [-0.4, -0.2) is 21.8 Å². The van der Waals surface area contributed by atoms with Gasteiger partial charge < -0.3 is 5.32 Å². The van der Waals surface area contributed by atoms with Crippen molar-refractivity contribution in [3.63, 3.8) is 0 Å². The van der Waals surface area contributed by atoms with Crippen molar-refractivity contribution in [3.05, 3.63) is 41.9 Å². The number of pyridine rings is 1. The molecular formula is C11H11F3N4. The van der Waals surface area contributed by atoms with Crippen molar-refractivity contribution in [3.8, 4) is 5.82 Å². The van der Waals surface area contributed by atoms with Gasteiger partial charge in [-0.25, -0.2) is 9.67 Å². The van der Waals surface area contributed by atoms with E-state index in [1.165, 1.54) is 12.4 Å². The normalized spacial score (nSPS) is 11.8. The van der Waals surface area contributed by atoms with E-state index in [0.29, 0.717) is 12.4 Å². The van der Waals surface area contributed by atoms with Gasteiger partial charge in [-0.1, -0.05) is 6.07 Å². The van der Waals surface area contributed by atoms with Crippen LogP contribution in [-0.2, 0) is 12.7 Å². The fraction of sp³-hybridized carbons (Fsp3) is 0.273. The Balaban J connectivity index is 2.40. The summed E-state index contributed by atoms with van der Waals surface area (Å²) in [6.07, 6.45) is -1.67. The lowest BCUT2D eigenvalue weighted by Gasteiger charge is -2.07. The Morgan fingerprint density at radius 3 is 2.72 bits per heavy atom. The molecule has 18 heavy (non-hydrogen) atoms. The topological polar surface area (TPSA) is 42.7 Å². The first-order valence-corrected chi connectivity index (χ1v) is 5.24. The molecule has 1 N–H and O–H groups in total. The molecule has 0 spiro atoms. The molecule has 2 heterocycles. The summed E-state index contributed by atoms with van der Waals surface area (Å²) in [6, 6.07) is 4.44. The highest BCUT2D eigenvalue weighted by molar-refractivity contribution is 5.33. The predicted octanol–water partition coefficient (Wildman–Crippen LogP) is 2.01. The third kappa shape index (κ3) is 2.51. The molecule has 0 aromatic carbocycles. The summed E-state index contributed by atoms with van der Waals surface area (Å²) in [5.41, 5.74) is -0.152. The Labute approximate surface area is 101 Å². The fourth-order valence-corrected chi connectivity index (χ4v) is 1.56. The molecule has 7 heteroatoms. The van der Waals surface area contributed by atoms with Crippen molar-refractivity contribution in [2.75, 3.05) is 7.05 Å². The Morgan fingerprint density at radius 1 is 1.33 bits per heavy atom. The Hall–Kier alpha value is -1.89. The number of halogens is 3. The molecule has 0 fully saturated rings. The molecule has 0 radical (unpaired) electrons. The van der Waals surface area contributed by atoms with Gasteiger partial charge in [0.2, 0.25) is 0 Å². The fourth-order valence-electron chi connectivity index (χ4n) is 1.56. The molecule has 2 aromatic heterocycles. The van der Waals surface area contributed by atoms with E-state index in [4.69, 9.17) is 0 Å². The highest BCUT2D eigenvalue weighted by Crippen LogP contribution is 2.27. The van der Waals surface area contributed by atoms with Gasteiger partial charge >= 0.3 is 6.18 Å². The summed E-state index contributed by atoms with van der Waals surface area (Å²) in [4.78, 5) is 4.06. The number of rotatable bonds is 3. The molecule has 0 amide bonds. The largest absolute Gasteiger partial charge is 0.435 e. The Kier molecular flexibility index (Phi) is 3.33. The van der Waals surface area contributed by atoms with E-state index in [9.17, 15) is 13.2 Å². The van der Waals surface area contributed by atoms with E-state index < -0.39 is 11.9 Å². The van der Waals surface area contributed by atoms with Crippen LogP contribution in [0.1, 0.15) is 11.3 Å². The SMILES string of the molecule is CNCc1cccnc1-n1ccc(C(F)(F)F)n1. The maximum atomic E-state index is 12.5. The molecule has 96 valence electrons. The van der Waals surface area contributed by atoms with Gasteiger partial charge in [-0.2, -0.15) is 18.3 Å². The first-order valence-electron chi connectivity index (χ1n) is 5.24. The van der Waals surface area contributed by atoms with E-state index >= 15 is 0 Å². The minimum atomic E-state index is -4.44. The summed E-state index contributed by atoms with van der Waals surface area (Å²) in [5.74, 6) is 0.391. The summed E-state index contributed by atoms with van der Waals surface area (Å²) in [6.45, 7) is 0.504. The lowest BCUT2D eigenvalue weighted by atomic mass is 10.2. The molecule has 0 aliphatic carbocycles. The molecule has 4 nitrogen and oxygen atoms in total. The third-order valence-corrected chi connectivity index (χ3v) is 2.33. The number of aromatic nitrogens is 3. The van der Waals surface area contributed by atoms with Crippen LogP contribution in [0.4, 0.5) is 13.2 Å². The second-order valence-electron chi connectivity index (χ2n) is 3.66. The van der Waals surface area contributed by atoms with Crippen molar-refractivity contribution in [2.45, 2.75) is 12.7 Å². The Morgan fingerprint density at radius 2 is 2.11 bits per heavy atom. The van der Waals surface area contributed by atoms with E-state index in [1.54, 1.807) is 19.2 Å². The van der Waals surface area contributed by atoms with Crippen LogP contribution < -0.4 is 5.32 Å². The molecule has 0 aliphatic heterocycles. The average molecular weight is 256 g/mol. The van der Waals surface area contributed by atoms with E-state index in [2.05, 4.69) is 15.4 Å². The zero-order valence-corrected chi connectivity index (χ0v) is 9.57. The van der Waals surface area contributed by atoms with E-state index in [0.717, 1.165) is 16.3 Å². The van der Waals surface area contributed by atoms with Gasteiger partial charge in [-0.15, -0.1) is 0 Å². The lowest BCUT2D eigenvalue weighted by molar-refractivity contribution is -0.141. The van der Waals surface area contributed by atoms with Gasteiger partial charge in [0.1, 0.15) is 0 Å². The number of hydrogen-bond donors (Lipinski definition) is 1. The highest BCUT2D eigenvalue weighted by atomic mass is 19.4.